The van der Waals surface area contributed by atoms with E-state index in [1.165, 1.54) is 5.56 Å². The van der Waals surface area contributed by atoms with Crippen LogP contribution in [0.1, 0.15) is 15.9 Å². The highest BCUT2D eigenvalue weighted by Crippen LogP contribution is 2.29. The summed E-state index contributed by atoms with van der Waals surface area (Å²) in [5.41, 5.74) is 4.08. The lowest BCUT2D eigenvalue weighted by Gasteiger charge is -2.28. The predicted octanol–water partition coefficient (Wildman–Crippen LogP) is 3.26. The van der Waals surface area contributed by atoms with Gasteiger partial charge >= 0.3 is 0 Å². The number of hydrogen-bond acceptors (Lipinski definition) is 3. The molecule has 0 aliphatic carbocycles. The number of aryl methyl sites for hydroxylation is 1. The van der Waals surface area contributed by atoms with Crippen molar-refractivity contribution in [2.24, 2.45) is 0 Å². The summed E-state index contributed by atoms with van der Waals surface area (Å²) >= 11 is 0. The molecule has 1 aliphatic heterocycles. The van der Waals surface area contributed by atoms with Crippen LogP contribution in [0.15, 0.2) is 54.9 Å². The number of nitrogens with one attached hydrogen (secondary N) is 1. The first-order valence-corrected chi connectivity index (χ1v) is 8.67. The van der Waals surface area contributed by atoms with Gasteiger partial charge < -0.3 is 10.2 Å². The average molecular weight is 331 g/mol. The smallest absolute Gasteiger partial charge is 0.254 e. The van der Waals surface area contributed by atoms with Crippen LogP contribution in [0.2, 0.25) is 0 Å². The Balaban J connectivity index is 1.87. The molecule has 1 saturated heterocycles. The molecule has 0 spiro atoms. The topological polar surface area (TPSA) is 45.2 Å². The van der Waals surface area contributed by atoms with Crippen molar-refractivity contribution in [3.8, 4) is 11.1 Å². The van der Waals surface area contributed by atoms with Crippen molar-refractivity contribution in [1.29, 1.82) is 0 Å². The Morgan fingerprint density at radius 2 is 1.76 bits per heavy atom. The van der Waals surface area contributed by atoms with Gasteiger partial charge in [0.15, 0.2) is 0 Å². The number of carbonyl (C=O) groups excluding carboxylic acids is 1. The minimum atomic E-state index is 0.119. The number of fused-ring (bicyclic) bond motifs is 1. The lowest BCUT2D eigenvalue weighted by Crippen LogP contribution is -2.46. The Morgan fingerprint density at radius 3 is 2.52 bits per heavy atom. The number of carbonyl (C=O) groups is 1. The highest BCUT2D eigenvalue weighted by molar-refractivity contribution is 6.09. The zero-order chi connectivity index (χ0) is 17.2. The van der Waals surface area contributed by atoms with Gasteiger partial charge in [-0.05, 0) is 53.1 Å². The van der Waals surface area contributed by atoms with Gasteiger partial charge in [-0.15, -0.1) is 0 Å². The third kappa shape index (κ3) is 3.13. The molecule has 0 atom stereocenters. The van der Waals surface area contributed by atoms with E-state index in [9.17, 15) is 4.79 Å². The Morgan fingerprint density at radius 1 is 1.00 bits per heavy atom. The van der Waals surface area contributed by atoms with Gasteiger partial charge in [0.25, 0.3) is 5.91 Å². The lowest BCUT2D eigenvalue weighted by atomic mass is 9.95. The molecule has 2 heterocycles. The van der Waals surface area contributed by atoms with Gasteiger partial charge in [0.2, 0.25) is 0 Å². The van der Waals surface area contributed by atoms with Gasteiger partial charge in [0.05, 0.1) is 0 Å². The van der Waals surface area contributed by atoms with Crippen molar-refractivity contribution in [2.75, 3.05) is 26.2 Å². The molecule has 2 aromatic carbocycles. The summed E-state index contributed by atoms with van der Waals surface area (Å²) in [7, 11) is 0. The van der Waals surface area contributed by atoms with Crippen molar-refractivity contribution in [2.45, 2.75) is 6.92 Å². The van der Waals surface area contributed by atoms with Crippen LogP contribution >= 0.6 is 0 Å². The first-order chi connectivity index (χ1) is 12.2. The van der Waals surface area contributed by atoms with Gasteiger partial charge in [-0.1, -0.05) is 23.8 Å². The molecule has 0 unspecified atom stereocenters. The molecule has 0 bridgehead atoms. The Labute approximate surface area is 147 Å². The van der Waals surface area contributed by atoms with Crippen molar-refractivity contribution >= 4 is 16.7 Å². The van der Waals surface area contributed by atoms with Crippen molar-refractivity contribution < 1.29 is 4.79 Å². The van der Waals surface area contributed by atoms with E-state index in [0.29, 0.717) is 0 Å². The van der Waals surface area contributed by atoms with Gasteiger partial charge in [0.1, 0.15) is 0 Å². The van der Waals surface area contributed by atoms with Crippen LogP contribution in [-0.2, 0) is 0 Å². The number of pyridine rings is 1. The van der Waals surface area contributed by atoms with Crippen LogP contribution in [0, 0.1) is 6.92 Å². The molecule has 0 radical (unpaired) electrons. The summed E-state index contributed by atoms with van der Waals surface area (Å²) in [5.74, 6) is 0.119. The molecular formula is C21H21N3O. The van der Waals surface area contributed by atoms with E-state index in [1.54, 1.807) is 12.4 Å². The number of amides is 1. The van der Waals surface area contributed by atoms with Crippen LogP contribution in [0.25, 0.3) is 21.9 Å². The first kappa shape index (κ1) is 15.8. The molecule has 3 aromatic rings. The Bertz CT molecular complexity index is 915. The number of benzene rings is 2. The molecule has 1 aromatic heterocycles. The first-order valence-electron chi connectivity index (χ1n) is 8.67. The zero-order valence-corrected chi connectivity index (χ0v) is 14.3. The van der Waals surface area contributed by atoms with Crippen LogP contribution in [0.4, 0.5) is 0 Å². The summed E-state index contributed by atoms with van der Waals surface area (Å²) in [4.78, 5) is 19.2. The largest absolute Gasteiger partial charge is 0.336 e. The zero-order valence-electron chi connectivity index (χ0n) is 14.3. The van der Waals surface area contributed by atoms with Crippen molar-refractivity contribution in [3.63, 3.8) is 0 Å². The number of rotatable bonds is 2. The van der Waals surface area contributed by atoms with E-state index in [1.807, 2.05) is 23.1 Å². The van der Waals surface area contributed by atoms with Crippen molar-refractivity contribution in [1.82, 2.24) is 15.2 Å². The summed E-state index contributed by atoms with van der Waals surface area (Å²) in [6.07, 6.45) is 3.57. The Hall–Kier alpha value is -2.72. The second kappa shape index (κ2) is 6.65. The monoisotopic (exact) mass is 331 g/mol. The standard InChI is InChI=1S/C21H21N3O/c1-15-2-3-17-13-18(16-4-6-22-7-5-16)14-20(19(17)12-15)21(25)24-10-8-23-9-11-24/h2-7,12-14,23H,8-11H2,1H3. The molecule has 1 N–H and O–H groups in total. The lowest BCUT2D eigenvalue weighted by molar-refractivity contribution is 0.0738. The normalized spacial score (nSPS) is 14.7. The molecule has 4 rings (SSSR count). The third-order valence-electron chi connectivity index (χ3n) is 4.76. The van der Waals surface area contributed by atoms with E-state index in [0.717, 1.165) is 53.6 Å². The highest BCUT2D eigenvalue weighted by atomic mass is 16.2. The fourth-order valence-corrected chi connectivity index (χ4v) is 3.40. The molecule has 126 valence electrons. The van der Waals surface area contributed by atoms with E-state index in [-0.39, 0.29) is 5.91 Å². The van der Waals surface area contributed by atoms with Gasteiger partial charge in [-0.25, -0.2) is 0 Å². The van der Waals surface area contributed by atoms with Crippen LogP contribution in [0.5, 0.6) is 0 Å². The van der Waals surface area contributed by atoms with Gasteiger partial charge in [0, 0.05) is 44.1 Å². The molecular weight excluding hydrogens is 310 g/mol. The molecule has 25 heavy (non-hydrogen) atoms. The van der Waals surface area contributed by atoms with E-state index in [2.05, 4.69) is 41.5 Å². The van der Waals surface area contributed by atoms with E-state index in [4.69, 9.17) is 0 Å². The van der Waals surface area contributed by atoms with E-state index >= 15 is 0 Å². The molecule has 4 nitrogen and oxygen atoms in total. The van der Waals surface area contributed by atoms with Crippen LogP contribution in [-0.4, -0.2) is 42.0 Å². The van der Waals surface area contributed by atoms with E-state index < -0.39 is 0 Å². The number of piperazine rings is 1. The number of hydrogen-bond donors (Lipinski definition) is 1. The SMILES string of the molecule is Cc1ccc2cc(-c3ccncc3)cc(C(=O)N3CCNCC3)c2c1. The quantitative estimate of drug-likeness (QED) is 0.784. The molecule has 1 aliphatic rings. The van der Waals surface area contributed by atoms with Gasteiger partial charge in [-0.3, -0.25) is 9.78 Å². The summed E-state index contributed by atoms with van der Waals surface area (Å²) in [6.45, 7) is 5.28. The third-order valence-corrected chi connectivity index (χ3v) is 4.76. The summed E-state index contributed by atoms with van der Waals surface area (Å²) in [5, 5.41) is 5.43. The molecule has 1 amide bonds. The maximum Gasteiger partial charge on any atom is 0.254 e. The minimum absolute atomic E-state index is 0.119. The average Bonchev–Trinajstić information content (AvgIpc) is 2.68. The summed E-state index contributed by atoms with van der Waals surface area (Å²) < 4.78 is 0. The second-order valence-corrected chi connectivity index (χ2v) is 6.53. The number of nitrogens with zero attached hydrogens (tertiary/aromatic N) is 2. The highest BCUT2D eigenvalue weighted by Gasteiger charge is 2.21. The molecule has 4 heteroatoms. The molecule has 0 saturated carbocycles. The predicted molar refractivity (Wildman–Crippen MR) is 101 cm³/mol. The van der Waals surface area contributed by atoms with Gasteiger partial charge in [-0.2, -0.15) is 0 Å². The molecule has 1 fully saturated rings. The minimum Gasteiger partial charge on any atom is -0.336 e. The fourth-order valence-electron chi connectivity index (χ4n) is 3.40. The Kier molecular flexibility index (Phi) is 4.20. The van der Waals surface area contributed by atoms with Crippen LogP contribution < -0.4 is 5.32 Å². The second-order valence-electron chi connectivity index (χ2n) is 6.53. The summed E-state index contributed by atoms with van der Waals surface area (Å²) in [6, 6.07) is 14.5. The van der Waals surface area contributed by atoms with Crippen molar-refractivity contribution in [3.05, 3.63) is 66.0 Å². The maximum atomic E-state index is 13.2. The maximum absolute atomic E-state index is 13.2. The number of aromatic nitrogens is 1. The van der Waals surface area contributed by atoms with Crippen LogP contribution in [0.3, 0.4) is 0 Å². The fraction of sp³-hybridized carbons (Fsp3) is 0.238.